The third kappa shape index (κ3) is 5.33. The van der Waals surface area contributed by atoms with Crippen LogP contribution in [0.5, 0.6) is 11.5 Å². The third-order valence-electron chi connectivity index (χ3n) is 3.15. The third-order valence-corrected chi connectivity index (χ3v) is 4.12. The second-order valence-corrected chi connectivity index (χ2v) is 6.03. The van der Waals surface area contributed by atoms with Crippen LogP contribution >= 0.6 is 11.8 Å². The van der Waals surface area contributed by atoms with Crippen molar-refractivity contribution in [1.29, 1.82) is 0 Å². The summed E-state index contributed by atoms with van der Waals surface area (Å²) in [4.78, 5) is 0. The van der Waals surface area contributed by atoms with E-state index in [1.54, 1.807) is 14.2 Å². The highest BCUT2D eigenvalue weighted by atomic mass is 32.2. The smallest absolute Gasteiger partial charge is 0.160 e. The van der Waals surface area contributed by atoms with Crippen molar-refractivity contribution < 1.29 is 9.47 Å². The van der Waals surface area contributed by atoms with Crippen LogP contribution in [-0.2, 0) is 6.42 Å². The lowest BCUT2D eigenvalue weighted by molar-refractivity contribution is 0.354. The van der Waals surface area contributed by atoms with Gasteiger partial charge in [0, 0.05) is 17.8 Å². The second-order valence-electron chi connectivity index (χ2n) is 4.75. The maximum Gasteiger partial charge on any atom is 0.160 e. The van der Waals surface area contributed by atoms with Crippen LogP contribution in [0.3, 0.4) is 0 Å². The zero-order valence-corrected chi connectivity index (χ0v) is 13.3. The minimum atomic E-state index is 0.452. The SMILES string of the molecule is COc1ccc(CC(C)NCC(C)SC)cc1OC. The van der Waals surface area contributed by atoms with Crippen molar-refractivity contribution in [3.63, 3.8) is 0 Å². The molecular weight excluding hydrogens is 258 g/mol. The molecule has 2 atom stereocenters. The molecule has 1 rings (SSSR count). The molecule has 1 aromatic carbocycles. The molecule has 19 heavy (non-hydrogen) atoms. The zero-order chi connectivity index (χ0) is 14.3. The number of hydrogen-bond acceptors (Lipinski definition) is 4. The van der Waals surface area contributed by atoms with Crippen LogP contribution in [0.15, 0.2) is 18.2 Å². The first-order valence-electron chi connectivity index (χ1n) is 6.57. The van der Waals surface area contributed by atoms with E-state index in [4.69, 9.17) is 9.47 Å². The molecule has 1 aromatic rings. The Morgan fingerprint density at radius 2 is 1.84 bits per heavy atom. The summed E-state index contributed by atoms with van der Waals surface area (Å²) in [5.41, 5.74) is 1.26. The van der Waals surface area contributed by atoms with Gasteiger partial charge in [0.1, 0.15) is 0 Å². The van der Waals surface area contributed by atoms with Crippen molar-refractivity contribution >= 4 is 11.8 Å². The summed E-state index contributed by atoms with van der Waals surface area (Å²) >= 11 is 1.89. The van der Waals surface area contributed by atoms with Crippen LogP contribution in [0.2, 0.25) is 0 Å². The Morgan fingerprint density at radius 1 is 1.16 bits per heavy atom. The highest BCUT2D eigenvalue weighted by Crippen LogP contribution is 2.27. The van der Waals surface area contributed by atoms with Gasteiger partial charge in [-0.3, -0.25) is 0 Å². The Hall–Kier alpha value is -0.870. The average Bonchev–Trinajstić information content (AvgIpc) is 2.44. The van der Waals surface area contributed by atoms with Gasteiger partial charge in [0.05, 0.1) is 14.2 Å². The lowest BCUT2D eigenvalue weighted by Gasteiger charge is -2.17. The predicted octanol–water partition coefficient (Wildman–Crippen LogP) is 2.98. The standard InChI is InChI=1S/C15H25NO2S/c1-11(16-10-12(2)19-5)8-13-6-7-14(17-3)15(9-13)18-4/h6-7,9,11-12,16H,8,10H2,1-5H3. The first-order valence-corrected chi connectivity index (χ1v) is 7.86. The number of hydrogen-bond donors (Lipinski definition) is 1. The van der Waals surface area contributed by atoms with Crippen LogP contribution in [0.1, 0.15) is 19.4 Å². The fourth-order valence-electron chi connectivity index (χ4n) is 1.88. The second kappa shape index (κ2) is 8.33. The summed E-state index contributed by atoms with van der Waals surface area (Å²) in [6.07, 6.45) is 3.13. The number of methoxy groups -OCH3 is 2. The minimum absolute atomic E-state index is 0.452. The van der Waals surface area contributed by atoms with Crippen LogP contribution in [0, 0.1) is 0 Å². The average molecular weight is 283 g/mol. The van der Waals surface area contributed by atoms with Gasteiger partial charge in [-0.25, -0.2) is 0 Å². The number of nitrogens with one attached hydrogen (secondary N) is 1. The van der Waals surface area contributed by atoms with Crippen LogP contribution in [-0.4, -0.2) is 38.3 Å². The van der Waals surface area contributed by atoms with Crippen molar-refractivity contribution in [1.82, 2.24) is 5.32 Å². The number of benzene rings is 1. The molecule has 0 amide bonds. The summed E-state index contributed by atoms with van der Waals surface area (Å²) in [6, 6.07) is 6.56. The largest absolute Gasteiger partial charge is 0.493 e. The maximum absolute atomic E-state index is 5.33. The molecule has 0 fully saturated rings. The molecule has 0 aliphatic heterocycles. The van der Waals surface area contributed by atoms with Crippen LogP contribution in [0.25, 0.3) is 0 Å². The fourth-order valence-corrected chi connectivity index (χ4v) is 2.15. The monoisotopic (exact) mass is 283 g/mol. The maximum atomic E-state index is 5.33. The van der Waals surface area contributed by atoms with E-state index in [2.05, 4.69) is 37.6 Å². The van der Waals surface area contributed by atoms with Crippen molar-refractivity contribution in [2.24, 2.45) is 0 Å². The molecule has 2 unspecified atom stereocenters. The normalized spacial score (nSPS) is 13.9. The Morgan fingerprint density at radius 3 is 2.42 bits per heavy atom. The van der Waals surface area contributed by atoms with Gasteiger partial charge in [0.25, 0.3) is 0 Å². The van der Waals surface area contributed by atoms with Gasteiger partial charge < -0.3 is 14.8 Å². The minimum Gasteiger partial charge on any atom is -0.493 e. The molecule has 0 bridgehead atoms. The van der Waals surface area contributed by atoms with E-state index < -0.39 is 0 Å². The van der Waals surface area contributed by atoms with Gasteiger partial charge >= 0.3 is 0 Å². The van der Waals surface area contributed by atoms with Gasteiger partial charge in [-0.05, 0) is 37.3 Å². The van der Waals surface area contributed by atoms with Gasteiger partial charge in [0.2, 0.25) is 0 Å². The van der Waals surface area contributed by atoms with E-state index in [0.29, 0.717) is 11.3 Å². The summed E-state index contributed by atoms with van der Waals surface area (Å²) in [6.45, 7) is 5.49. The molecule has 3 nitrogen and oxygen atoms in total. The Balaban J connectivity index is 2.56. The molecule has 0 radical (unpaired) electrons. The van der Waals surface area contributed by atoms with E-state index in [1.807, 2.05) is 17.8 Å². The Labute approximate surface area is 121 Å². The van der Waals surface area contributed by atoms with Crippen molar-refractivity contribution in [3.05, 3.63) is 23.8 Å². The number of ether oxygens (including phenoxy) is 2. The number of rotatable bonds is 8. The molecule has 0 spiro atoms. The highest BCUT2D eigenvalue weighted by molar-refractivity contribution is 7.99. The van der Waals surface area contributed by atoms with E-state index in [9.17, 15) is 0 Å². The van der Waals surface area contributed by atoms with Gasteiger partial charge in [0.15, 0.2) is 11.5 Å². The van der Waals surface area contributed by atoms with Crippen molar-refractivity contribution in [2.45, 2.75) is 31.6 Å². The van der Waals surface area contributed by atoms with Crippen molar-refractivity contribution in [2.75, 3.05) is 27.0 Å². The summed E-state index contributed by atoms with van der Waals surface area (Å²) in [5, 5.41) is 4.20. The molecule has 0 aliphatic rings. The number of thioether (sulfide) groups is 1. The Kier molecular flexibility index (Phi) is 7.10. The fraction of sp³-hybridized carbons (Fsp3) is 0.600. The molecule has 0 aliphatic carbocycles. The van der Waals surface area contributed by atoms with Crippen molar-refractivity contribution in [3.8, 4) is 11.5 Å². The molecule has 0 saturated carbocycles. The summed E-state index contributed by atoms with van der Waals surface area (Å²) in [5.74, 6) is 1.58. The first kappa shape index (κ1) is 16.2. The molecule has 1 N–H and O–H groups in total. The Bertz CT molecular complexity index is 384. The molecule has 0 aromatic heterocycles. The quantitative estimate of drug-likeness (QED) is 0.794. The molecular formula is C15H25NO2S. The molecule has 108 valence electrons. The van der Waals surface area contributed by atoms with E-state index in [0.717, 1.165) is 24.5 Å². The highest BCUT2D eigenvalue weighted by Gasteiger charge is 2.09. The lowest BCUT2D eigenvalue weighted by atomic mass is 10.1. The van der Waals surface area contributed by atoms with Gasteiger partial charge in [-0.15, -0.1) is 0 Å². The van der Waals surface area contributed by atoms with Gasteiger partial charge in [-0.2, -0.15) is 11.8 Å². The van der Waals surface area contributed by atoms with Gasteiger partial charge in [-0.1, -0.05) is 13.0 Å². The summed E-state index contributed by atoms with van der Waals surface area (Å²) < 4.78 is 10.6. The topological polar surface area (TPSA) is 30.5 Å². The van der Waals surface area contributed by atoms with Crippen LogP contribution in [0.4, 0.5) is 0 Å². The zero-order valence-electron chi connectivity index (χ0n) is 12.5. The van der Waals surface area contributed by atoms with E-state index in [-0.39, 0.29) is 0 Å². The van der Waals surface area contributed by atoms with Crippen LogP contribution < -0.4 is 14.8 Å². The van der Waals surface area contributed by atoms with E-state index in [1.165, 1.54) is 5.56 Å². The molecule has 0 saturated heterocycles. The molecule has 0 heterocycles. The first-order chi connectivity index (χ1) is 9.10. The predicted molar refractivity (Wildman–Crippen MR) is 83.7 cm³/mol. The summed E-state index contributed by atoms with van der Waals surface area (Å²) in [7, 11) is 3.33. The molecule has 4 heteroatoms. The lowest BCUT2D eigenvalue weighted by Crippen LogP contribution is -2.32. The van der Waals surface area contributed by atoms with E-state index >= 15 is 0 Å².